The SMILES string of the molecule is C.CC(=O)Cc1ccc(C)cc1.CCC(=O)/C=C/c1ccc(OCc2ccccc2)cc1.Cc1ccc(C)c(C(=O)c2ccccc2)c1. The van der Waals surface area contributed by atoms with Crippen LogP contribution in [0.3, 0.4) is 0 Å². The van der Waals surface area contributed by atoms with Crippen molar-refractivity contribution in [2.75, 3.05) is 0 Å². The van der Waals surface area contributed by atoms with Crippen LogP contribution in [0.5, 0.6) is 5.75 Å². The predicted molar refractivity (Wildman–Crippen MR) is 200 cm³/mol. The minimum atomic E-state index is 0. The number of hydrogen-bond donors (Lipinski definition) is 0. The highest BCUT2D eigenvalue weighted by atomic mass is 16.5. The molecule has 0 N–H and O–H groups in total. The molecule has 0 radical (unpaired) electrons. The molecule has 0 heterocycles. The molecule has 48 heavy (non-hydrogen) atoms. The summed E-state index contributed by atoms with van der Waals surface area (Å²) < 4.78 is 5.70. The molecule has 0 aliphatic rings. The average molecular weight is 641 g/mol. The maximum atomic E-state index is 12.2. The molecule has 0 saturated carbocycles. The second-order valence-electron chi connectivity index (χ2n) is 11.4. The zero-order chi connectivity index (χ0) is 34.0. The molecule has 0 atom stereocenters. The van der Waals surface area contributed by atoms with E-state index in [1.807, 2.05) is 161 Å². The molecule has 0 spiro atoms. The molecule has 0 unspecified atom stereocenters. The fraction of sp³-hybridized carbons (Fsp3) is 0.205. The van der Waals surface area contributed by atoms with Crippen molar-refractivity contribution in [3.05, 3.63) is 178 Å². The van der Waals surface area contributed by atoms with Crippen LogP contribution in [0.25, 0.3) is 6.08 Å². The lowest BCUT2D eigenvalue weighted by molar-refractivity contribution is -0.116. The van der Waals surface area contributed by atoms with Gasteiger partial charge in [-0.2, -0.15) is 0 Å². The van der Waals surface area contributed by atoms with E-state index in [1.165, 1.54) is 5.56 Å². The van der Waals surface area contributed by atoms with Crippen molar-refractivity contribution in [3.63, 3.8) is 0 Å². The number of rotatable bonds is 10. The fourth-order valence-corrected chi connectivity index (χ4v) is 4.44. The van der Waals surface area contributed by atoms with E-state index in [1.54, 1.807) is 13.0 Å². The maximum absolute atomic E-state index is 12.2. The van der Waals surface area contributed by atoms with Gasteiger partial charge in [0.05, 0.1) is 0 Å². The van der Waals surface area contributed by atoms with Crippen LogP contribution in [0, 0.1) is 20.8 Å². The van der Waals surface area contributed by atoms with Gasteiger partial charge in [-0.3, -0.25) is 14.4 Å². The Kier molecular flexibility index (Phi) is 16.8. The van der Waals surface area contributed by atoms with Gasteiger partial charge in [0, 0.05) is 24.0 Å². The molecular formula is C44H48O4. The van der Waals surface area contributed by atoms with Crippen LogP contribution in [0.2, 0.25) is 0 Å². The van der Waals surface area contributed by atoms with E-state index in [2.05, 4.69) is 0 Å². The third-order valence-electron chi connectivity index (χ3n) is 7.19. The summed E-state index contributed by atoms with van der Waals surface area (Å²) in [5.74, 6) is 1.28. The van der Waals surface area contributed by atoms with Crippen molar-refractivity contribution >= 4 is 23.4 Å². The first-order chi connectivity index (χ1) is 22.6. The molecule has 248 valence electrons. The number of carbonyl (C=O) groups is 3. The van der Waals surface area contributed by atoms with E-state index in [-0.39, 0.29) is 24.8 Å². The third kappa shape index (κ3) is 14.0. The van der Waals surface area contributed by atoms with Gasteiger partial charge >= 0.3 is 0 Å². The average Bonchev–Trinajstić information content (AvgIpc) is 3.09. The molecule has 5 aromatic rings. The highest BCUT2D eigenvalue weighted by molar-refractivity contribution is 6.09. The lowest BCUT2D eigenvalue weighted by Gasteiger charge is -2.06. The molecule has 0 aliphatic heterocycles. The van der Waals surface area contributed by atoms with Crippen LogP contribution < -0.4 is 4.74 Å². The Labute approximate surface area is 287 Å². The van der Waals surface area contributed by atoms with E-state index in [4.69, 9.17) is 4.74 Å². The van der Waals surface area contributed by atoms with Gasteiger partial charge in [-0.05, 0) is 74.2 Å². The Morgan fingerprint density at radius 3 is 1.83 bits per heavy atom. The van der Waals surface area contributed by atoms with Crippen molar-refractivity contribution in [2.24, 2.45) is 0 Å². The van der Waals surface area contributed by atoms with Crippen LogP contribution in [0.4, 0.5) is 0 Å². The number of carbonyl (C=O) groups excluding carboxylic acids is 3. The minimum Gasteiger partial charge on any atom is -0.489 e. The normalized spacial score (nSPS) is 10.0. The summed E-state index contributed by atoms with van der Waals surface area (Å²) in [6.07, 6.45) is 4.53. The first-order valence-corrected chi connectivity index (χ1v) is 15.8. The Balaban J connectivity index is 0.000000258. The van der Waals surface area contributed by atoms with E-state index >= 15 is 0 Å². The molecule has 4 nitrogen and oxygen atoms in total. The lowest BCUT2D eigenvalue weighted by Crippen LogP contribution is -2.03. The molecular weight excluding hydrogens is 592 g/mol. The number of benzene rings is 5. The van der Waals surface area contributed by atoms with Crippen molar-refractivity contribution in [3.8, 4) is 5.75 Å². The summed E-state index contributed by atoms with van der Waals surface area (Å²) in [5, 5.41) is 0. The Morgan fingerprint density at radius 1 is 0.667 bits per heavy atom. The van der Waals surface area contributed by atoms with Crippen LogP contribution in [-0.4, -0.2) is 17.3 Å². The van der Waals surface area contributed by atoms with Crippen molar-refractivity contribution in [1.82, 2.24) is 0 Å². The predicted octanol–water partition coefficient (Wildman–Crippen LogP) is 10.6. The second kappa shape index (κ2) is 20.7. The van der Waals surface area contributed by atoms with Gasteiger partial charge in [-0.25, -0.2) is 0 Å². The largest absolute Gasteiger partial charge is 0.489 e. The number of ketones is 3. The summed E-state index contributed by atoms with van der Waals surface area (Å²) in [4.78, 5) is 34.1. The Morgan fingerprint density at radius 2 is 1.25 bits per heavy atom. The zero-order valence-electron chi connectivity index (χ0n) is 28.0. The summed E-state index contributed by atoms with van der Waals surface area (Å²) in [7, 11) is 0. The Hall–Kier alpha value is -5.35. The molecule has 4 heteroatoms. The summed E-state index contributed by atoms with van der Waals surface area (Å²) in [6, 6.07) is 41.2. The lowest BCUT2D eigenvalue weighted by atomic mass is 9.97. The zero-order valence-corrected chi connectivity index (χ0v) is 28.0. The fourth-order valence-electron chi connectivity index (χ4n) is 4.44. The monoisotopic (exact) mass is 640 g/mol. The van der Waals surface area contributed by atoms with Crippen LogP contribution in [0.1, 0.15) is 77.0 Å². The van der Waals surface area contributed by atoms with Gasteiger partial charge in [0.25, 0.3) is 0 Å². The molecule has 0 saturated heterocycles. The molecule has 0 aliphatic carbocycles. The van der Waals surface area contributed by atoms with E-state index in [0.29, 0.717) is 19.4 Å². The number of Topliss-reactive ketones (excluding diaryl/α,β-unsaturated/α-hetero) is 1. The van der Waals surface area contributed by atoms with Crippen molar-refractivity contribution in [1.29, 1.82) is 0 Å². The van der Waals surface area contributed by atoms with E-state index in [0.717, 1.165) is 44.7 Å². The molecule has 5 rings (SSSR count). The van der Waals surface area contributed by atoms with E-state index < -0.39 is 0 Å². The van der Waals surface area contributed by atoms with Gasteiger partial charge in [-0.15, -0.1) is 0 Å². The highest BCUT2D eigenvalue weighted by Crippen LogP contribution is 2.16. The summed E-state index contributed by atoms with van der Waals surface area (Å²) >= 11 is 0. The van der Waals surface area contributed by atoms with Crippen molar-refractivity contribution in [2.45, 2.75) is 61.5 Å². The van der Waals surface area contributed by atoms with Crippen LogP contribution >= 0.6 is 0 Å². The smallest absolute Gasteiger partial charge is 0.193 e. The highest BCUT2D eigenvalue weighted by Gasteiger charge is 2.11. The van der Waals surface area contributed by atoms with Gasteiger partial charge < -0.3 is 4.74 Å². The second-order valence-corrected chi connectivity index (χ2v) is 11.4. The van der Waals surface area contributed by atoms with Gasteiger partial charge in [0.2, 0.25) is 0 Å². The van der Waals surface area contributed by atoms with Crippen molar-refractivity contribution < 1.29 is 19.1 Å². The number of aryl methyl sites for hydroxylation is 3. The van der Waals surface area contributed by atoms with Gasteiger partial charge in [0.1, 0.15) is 18.1 Å². The molecule has 0 aromatic heterocycles. The summed E-state index contributed by atoms with van der Waals surface area (Å²) in [5.41, 5.74) is 8.16. The van der Waals surface area contributed by atoms with Crippen LogP contribution in [0.15, 0.2) is 133 Å². The van der Waals surface area contributed by atoms with E-state index in [9.17, 15) is 14.4 Å². The minimum absolute atomic E-state index is 0. The topological polar surface area (TPSA) is 60.4 Å². The maximum Gasteiger partial charge on any atom is 0.193 e. The number of allylic oxidation sites excluding steroid dienone is 1. The molecule has 0 bridgehead atoms. The third-order valence-corrected chi connectivity index (χ3v) is 7.19. The molecule has 0 fully saturated rings. The molecule has 5 aromatic carbocycles. The molecule has 0 amide bonds. The Bertz CT molecular complexity index is 1730. The number of hydrogen-bond acceptors (Lipinski definition) is 4. The number of ether oxygens (including phenoxy) is 1. The van der Waals surface area contributed by atoms with Gasteiger partial charge in [0.15, 0.2) is 11.6 Å². The van der Waals surface area contributed by atoms with Gasteiger partial charge in [-0.1, -0.05) is 141 Å². The first-order valence-electron chi connectivity index (χ1n) is 15.8. The standard InChI is InChI=1S/C18H18O2.C15H14O.C10H12O.CH4/c1-2-17(19)11-8-15-9-12-18(13-10-15)20-14-16-6-4-3-5-7-16;1-11-8-9-12(2)14(10-11)15(16)13-6-4-3-5-7-13;1-8-3-5-10(6-4-8)7-9(2)11;/h3-13H,2,14H2,1H3;3-10H,1-2H3;3-6H,7H2,1-2H3;1H4/b11-8+;;;. The first kappa shape index (κ1) is 38.8. The quantitative estimate of drug-likeness (QED) is 0.113. The summed E-state index contributed by atoms with van der Waals surface area (Å²) in [6.45, 7) is 10.0. The van der Waals surface area contributed by atoms with Crippen LogP contribution in [-0.2, 0) is 22.6 Å².